The minimum absolute atomic E-state index is 0.0479. The molecule has 3 aromatic rings. The molecule has 0 aliphatic carbocycles. The van der Waals surface area contributed by atoms with Crippen LogP contribution in [0.4, 0.5) is 11.4 Å². The number of benzene rings is 3. The van der Waals surface area contributed by atoms with Gasteiger partial charge in [0.15, 0.2) is 0 Å². The van der Waals surface area contributed by atoms with Gasteiger partial charge >= 0.3 is 0 Å². The van der Waals surface area contributed by atoms with Crippen LogP contribution < -0.4 is 19.7 Å². The number of carbonyl (C=O) groups is 2. The highest BCUT2D eigenvalue weighted by Crippen LogP contribution is 2.28. The summed E-state index contributed by atoms with van der Waals surface area (Å²) in [6.45, 7) is 5.28. The van der Waals surface area contributed by atoms with Crippen molar-refractivity contribution >= 4 is 23.2 Å². The van der Waals surface area contributed by atoms with Gasteiger partial charge in [-0.05, 0) is 47.9 Å². The van der Waals surface area contributed by atoms with Gasteiger partial charge in [0.25, 0.3) is 0 Å². The molecule has 37 heavy (non-hydrogen) atoms. The van der Waals surface area contributed by atoms with E-state index < -0.39 is 0 Å². The van der Waals surface area contributed by atoms with Gasteiger partial charge in [-0.2, -0.15) is 0 Å². The molecule has 1 fully saturated rings. The Labute approximate surface area is 219 Å². The van der Waals surface area contributed by atoms with Crippen LogP contribution >= 0.6 is 0 Å². The van der Waals surface area contributed by atoms with Gasteiger partial charge in [0.1, 0.15) is 18.1 Å². The monoisotopic (exact) mass is 501 g/mol. The van der Waals surface area contributed by atoms with Crippen LogP contribution in [0.2, 0.25) is 0 Å². The number of para-hydroxylation sites is 2. The molecule has 0 aromatic heterocycles. The molecule has 4 rings (SSSR count). The van der Waals surface area contributed by atoms with Crippen LogP contribution in [0.1, 0.15) is 25.3 Å². The van der Waals surface area contributed by atoms with Crippen molar-refractivity contribution in [2.24, 2.45) is 5.92 Å². The molecule has 1 heterocycles. The number of anilines is 2. The second-order valence-corrected chi connectivity index (χ2v) is 9.40. The molecule has 1 aliphatic rings. The Balaban J connectivity index is 1.18. The lowest BCUT2D eigenvalue weighted by molar-refractivity contribution is -0.132. The van der Waals surface area contributed by atoms with E-state index in [4.69, 9.17) is 9.47 Å². The molecule has 194 valence electrons. The number of amides is 2. The number of nitrogens with one attached hydrogen (secondary N) is 1. The average molecular weight is 502 g/mol. The third-order valence-corrected chi connectivity index (χ3v) is 6.50. The van der Waals surface area contributed by atoms with Crippen molar-refractivity contribution in [2.75, 3.05) is 43.5 Å². The molecule has 0 saturated carbocycles. The summed E-state index contributed by atoms with van der Waals surface area (Å²) in [6, 6.07) is 25.3. The minimum atomic E-state index is -0.0979. The second kappa shape index (κ2) is 12.8. The van der Waals surface area contributed by atoms with Crippen molar-refractivity contribution in [3.63, 3.8) is 0 Å². The lowest BCUT2D eigenvalue weighted by Gasteiger charge is -2.37. The minimum Gasteiger partial charge on any atom is -0.495 e. The summed E-state index contributed by atoms with van der Waals surface area (Å²) in [5.74, 6) is 1.54. The summed E-state index contributed by atoms with van der Waals surface area (Å²) in [5, 5.41) is 2.92. The van der Waals surface area contributed by atoms with Gasteiger partial charge in [0.2, 0.25) is 11.8 Å². The van der Waals surface area contributed by atoms with Gasteiger partial charge in [-0.3, -0.25) is 9.59 Å². The molecule has 1 aliphatic heterocycles. The quantitative estimate of drug-likeness (QED) is 0.424. The Morgan fingerprint density at radius 2 is 1.54 bits per heavy atom. The van der Waals surface area contributed by atoms with Crippen LogP contribution in [0.15, 0.2) is 78.9 Å². The van der Waals surface area contributed by atoms with E-state index in [9.17, 15) is 9.59 Å². The van der Waals surface area contributed by atoms with E-state index in [-0.39, 0.29) is 17.7 Å². The number of methoxy groups -OCH3 is 1. The van der Waals surface area contributed by atoms with Gasteiger partial charge in [0.05, 0.1) is 12.8 Å². The number of hydrogen-bond acceptors (Lipinski definition) is 5. The second-order valence-electron chi connectivity index (χ2n) is 9.40. The van der Waals surface area contributed by atoms with Crippen LogP contribution in [0.5, 0.6) is 11.5 Å². The van der Waals surface area contributed by atoms with Crippen LogP contribution in [0.25, 0.3) is 0 Å². The smallest absolute Gasteiger partial charge is 0.224 e. The van der Waals surface area contributed by atoms with Gasteiger partial charge < -0.3 is 24.6 Å². The number of piperazine rings is 1. The Morgan fingerprint density at radius 3 is 2.24 bits per heavy atom. The summed E-state index contributed by atoms with van der Waals surface area (Å²) < 4.78 is 11.3. The Morgan fingerprint density at radius 1 is 0.865 bits per heavy atom. The topological polar surface area (TPSA) is 71.1 Å². The molecule has 3 aromatic carbocycles. The summed E-state index contributed by atoms with van der Waals surface area (Å²) in [6.07, 6.45) is 0.646. The normalized spacial score (nSPS) is 14.1. The fourth-order valence-electron chi connectivity index (χ4n) is 4.49. The first-order valence-corrected chi connectivity index (χ1v) is 12.7. The van der Waals surface area contributed by atoms with Crippen molar-refractivity contribution in [1.29, 1.82) is 0 Å². The molecule has 7 nitrogen and oxygen atoms in total. The summed E-state index contributed by atoms with van der Waals surface area (Å²) >= 11 is 0. The molecule has 7 heteroatoms. The zero-order chi connectivity index (χ0) is 26.0. The van der Waals surface area contributed by atoms with Crippen LogP contribution in [-0.2, 0) is 16.2 Å². The van der Waals surface area contributed by atoms with E-state index >= 15 is 0 Å². The maximum absolute atomic E-state index is 12.9. The molecule has 0 spiro atoms. The number of ether oxygens (including phenoxy) is 2. The fraction of sp³-hybridized carbons (Fsp3) is 0.333. The highest BCUT2D eigenvalue weighted by Gasteiger charge is 2.24. The molecule has 0 bridgehead atoms. The first-order chi connectivity index (χ1) is 18.0. The number of rotatable bonds is 10. The maximum atomic E-state index is 12.9. The molecule has 2 amide bonds. The van der Waals surface area contributed by atoms with Gasteiger partial charge in [0, 0.05) is 44.7 Å². The zero-order valence-corrected chi connectivity index (χ0v) is 21.6. The van der Waals surface area contributed by atoms with Gasteiger partial charge in [-0.25, -0.2) is 0 Å². The van der Waals surface area contributed by atoms with Gasteiger partial charge in [-0.15, -0.1) is 0 Å². The Hall–Kier alpha value is -4.00. The summed E-state index contributed by atoms with van der Waals surface area (Å²) in [7, 11) is 1.67. The SMILES string of the molecule is COc1ccccc1N1CCN(C(=O)C[C@@H](C)CC(=O)Nc2ccc(OCc3ccccc3)cc2)CC1. The highest BCUT2D eigenvalue weighted by atomic mass is 16.5. The van der Waals surface area contributed by atoms with Gasteiger partial charge in [-0.1, -0.05) is 49.4 Å². The van der Waals surface area contributed by atoms with E-state index in [1.807, 2.05) is 90.7 Å². The van der Waals surface area contributed by atoms with E-state index in [1.54, 1.807) is 7.11 Å². The van der Waals surface area contributed by atoms with Crippen LogP contribution in [0.3, 0.4) is 0 Å². The van der Waals surface area contributed by atoms with E-state index in [0.717, 1.165) is 35.8 Å². The van der Waals surface area contributed by atoms with E-state index in [2.05, 4.69) is 10.2 Å². The largest absolute Gasteiger partial charge is 0.495 e. The molecule has 0 unspecified atom stereocenters. The molecule has 1 N–H and O–H groups in total. The molecular weight excluding hydrogens is 466 g/mol. The summed E-state index contributed by atoms with van der Waals surface area (Å²) in [5.41, 5.74) is 2.86. The van der Waals surface area contributed by atoms with Crippen LogP contribution in [-0.4, -0.2) is 50.0 Å². The lowest BCUT2D eigenvalue weighted by atomic mass is 10.0. The van der Waals surface area contributed by atoms with Crippen molar-refractivity contribution in [3.05, 3.63) is 84.4 Å². The average Bonchev–Trinajstić information content (AvgIpc) is 2.93. The Kier molecular flexibility index (Phi) is 9.03. The summed E-state index contributed by atoms with van der Waals surface area (Å²) in [4.78, 5) is 29.5. The predicted molar refractivity (Wildman–Crippen MR) is 146 cm³/mol. The predicted octanol–water partition coefficient (Wildman–Crippen LogP) is 4.98. The molecular formula is C30H35N3O4. The fourth-order valence-corrected chi connectivity index (χ4v) is 4.49. The Bertz CT molecular complexity index is 1160. The van der Waals surface area contributed by atoms with Crippen molar-refractivity contribution in [3.8, 4) is 11.5 Å². The van der Waals surface area contributed by atoms with Crippen LogP contribution in [0, 0.1) is 5.92 Å². The van der Waals surface area contributed by atoms with E-state index in [1.165, 1.54) is 0 Å². The zero-order valence-electron chi connectivity index (χ0n) is 21.6. The lowest BCUT2D eigenvalue weighted by Crippen LogP contribution is -2.49. The third kappa shape index (κ3) is 7.49. The number of hydrogen-bond donors (Lipinski definition) is 1. The van der Waals surface area contributed by atoms with Crippen molar-refractivity contribution in [1.82, 2.24) is 4.90 Å². The molecule has 0 radical (unpaired) electrons. The first-order valence-electron chi connectivity index (χ1n) is 12.7. The third-order valence-electron chi connectivity index (χ3n) is 6.50. The molecule has 1 atom stereocenters. The first kappa shape index (κ1) is 26.1. The van der Waals surface area contributed by atoms with E-state index in [0.29, 0.717) is 38.2 Å². The standard InChI is InChI=1S/C30H35N3O4/c1-23(21-30(35)33-18-16-32(17-19-33)27-10-6-7-11-28(27)36-2)20-29(34)31-25-12-14-26(15-13-25)37-22-24-8-4-3-5-9-24/h3-15,23H,16-22H2,1-2H3,(H,31,34)/t23-/m0/s1. The van der Waals surface area contributed by atoms with Crippen molar-refractivity contribution in [2.45, 2.75) is 26.4 Å². The number of nitrogens with zero attached hydrogens (tertiary/aromatic N) is 2. The molecule has 1 saturated heterocycles. The maximum Gasteiger partial charge on any atom is 0.224 e. The number of carbonyl (C=O) groups excluding carboxylic acids is 2. The highest BCUT2D eigenvalue weighted by molar-refractivity contribution is 5.91. The van der Waals surface area contributed by atoms with Crippen molar-refractivity contribution < 1.29 is 19.1 Å².